The second-order valence-electron chi connectivity index (χ2n) is 3.71. The molecule has 0 N–H and O–H groups in total. The standard InChI is InChI=1S/C11H11NO2/c1-7-6-10(12-14)11(13)9-5-3-2-4-8(7)9/h2-5,7,10H,6H2,1H3. The second-order valence-corrected chi connectivity index (χ2v) is 3.71. The van der Waals surface area contributed by atoms with Crippen molar-refractivity contribution in [1.29, 1.82) is 0 Å². The van der Waals surface area contributed by atoms with E-state index >= 15 is 0 Å². The van der Waals surface area contributed by atoms with Crippen LogP contribution in [0.15, 0.2) is 29.4 Å². The summed E-state index contributed by atoms with van der Waals surface area (Å²) >= 11 is 0. The number of ketones is 1. The van der Waals surface area contributed by atoms with Crippen molar-refractivity contribution in [1.82, 2.24) is 0 Å². The van der Waals surface area contributed by atoms with E-state index in [2.05, 4.69) is 5.18 Å². The van der Waals surface area contributed by atoms with E-state index in [-0.39, 0.29) is 11.7 Å². The molecule has 0 bridgehead atoms. The lowest BCUT2D eigenvalue weighted by Crippen LogP contribution is -2.27. The van der Waals surface area contributed by atoms with Gasteiger partial charge in [0, 0.05) is 5.56 Å². The molecule has 0 fully saturated rings. The van der Waals surface area contributed by atoms with Gasteiger partial charge in [-0.2, -0.15) is 4.91 Å². The van der Waals surface area contributed by atoms with Gasteiger partial charge in [0.1, 0.15) is 0 Å². The Labute approximate surface area is 82.1 Å². The molecule has 0 amide bonds. The number of benzene rings is 1. The van der Waals surface area contributed by atoms with Crippen molar-refractivity contribution < 1.29 is 4.79 Å². The number of Topliss-reactive ketones (excluding diaryl/α,β-unsaturated/α-hetero) is 1. The van der Waals surface area contributed by atoms with Gasteiger partial charge in [0.2, 0.25) is 0 Å². The van der Waals surface area contributed by atoms with Crippen LogP contribution in [0.25, 0.3) is 0 Å². The average Bonchev–Trinajstić information content (AvgIpc) is 2.23. The van der Waals surface area contributed by atoms with Crippen molar-refractivity contribution in [2.45, 2.75) is 25.3 Å². The van der Waals surface area contributed by atoms with Gasteiger partial charge < -0.3 is 0 Å². The molecule has 2 rings (SSSR count). The molecule has 14 heavy (non-hydrogen) atoms. The monoisotopic (exact) mass is 189 g/mol. The molecule has 0 spiro atoms. The van der Waals surface area contributed by atoms with Gasteiger partial charge >= 0.3 is 0 Å². The van der Waals surface area contributed by atoms with Crippen LogP contribution in [0, 0.1) is 4.91 Å². The van der Waals surface area contributed by atoms with Gasteiger partial charge in [0.15, 0.2) is 11.8 Å². The number of rotatable bonds is 1. The summed E-state index contributed by atoms with van der Waals surface area (Å²) in [4.78, 5) is 22.2. The summed E-state index contributed by atoms with van der Waals surface area (Å²) in [5, 5.41) is 2.88. The highest BCUT2D eigenvalue weighted by atomic mass is 16.3. The molecule has 1 aliphatic carbocycles. The first-order valence-corrected chi connectivity index (χ1v) is 4.69. The van der Waals surface area contributed by atoms with Gasteiger partial charge in [-0.25, -0.2) is 0 Å². The smallest absolute Gasteiger partial charge is 0.191 e. The van der Waals surface area contributed by atoms with Crippen molar-refractivity contribution in [2.24, 2.45) is 5.18 Å². The molecular weight excluding hydrogens is 178 g/mol. The minimum atomic E-state index is -0.681. The van der Waals surface area contributed by atoms with Crippen LogP contribution in [-0.2, 0) is 0 Å². The Hall–Kier alpha value is -1.51. The molecule has 1 aromatic carbocycles. The van der Waals surface area contributed by atoms with E-state index in [0.717, 1.165) is 5.56 Å². The Morgan fingerprint density at radius 3 is 2.79 bits per heavy atom. The number of hydrogen-bond acceptors (Lipinski definition) is 3. The second kappa shape index (κ2) is 3.33. The van der Waals surface area contributed by atoms with E-state index in [1.54, 1.807) is 6.07 Å². The number of nitroso groups, excluding NO2 is 1. The van der Waals surface area contributed by atoms with E-state index in [1.165, 1.54) is 0 Å². The third kappa shape index (κ3) is 1.25. The van der Waals surface area contributed by atoms with E-state index in [9.17, 15) is 9.70 Å². The van der Waals surface area contributed by atoms with Gasteiger partial charge in [0.05, 0.1) is 0 Å². The molecule has 2 unspecified atom stereocenters. The Morgan fingerprint density at radius 1 is 1.36 bits per heavy atom. The van der Waals surface area contributed by atoms with Crippen LogP contribution in [0.5, 0.6) is 0 Å². The lowest BCUT2D eigenvalue weighted by molar-refractivity contribution is 0.0943. The van der Waals surface area contributed by atoms with Crippen LogP contribution in [0.2, 0.25) is 0 Å². The van der Waals surface area contributed by atoms with Crippen LogP contribution >= 0.6 is 0 Å². The Bertz CT molecular complexity index is 387. The molecular formula is C11H11NO2. The van der Waals surface area contributed by atoms with Crippen LogP contribution in [0.4, 0.5) is 0 Å². The summed E-state index contributed by atoms with van der Waals surface area (Å²) in [6.45, 7) is 2.02. The molecule has 1 aromatic rings. The summed E-state index contributed by atoms with van der Waals surface area (Å²) < 4.78 is 0. The first kappa shape index (κ1) is 9.06. The van der Waals surface area contributed by atoms with Crippen molar-refractivity contribution in [3.63, 3.8) is 0 Å². The summed E-state index contributed by atoms with van der Waals surface area (Å²) in [5.74, 6) is 0.111. The van der Waals surface area contributed by atoms with Crippen molar-refractivity contribution in [3.8, 4) is 0 Å². The third-order valence-corrected chi connectivity index (χ3v) is 2.76. The molecule has 0 aromatic heterocycles. The van der Waals surface area contributed by atoms with E-state index < -0.39 is 6.04 Å². The lowest BCUT2D eigenvalue weighted by atomic mass is 9.81. The first-order valence-electron chi connectivity index (χ1n) is 4.69. The predicted octanol–water partition coefficient (Wildman–Crippen LogP) is 2.51. The fraction of sp³-hybridized carbons (Fsp3) is 0.364. The molecule has 0 aliphatic heterocycles. The molecule has 0 saturated carbocycles. The first-order chi connectivity index (χ1) is 6.74. The maximum absolute atomic E-state index is 11.7. The zero-order valence-electron chi connectivity index (χ0n) is 7.93. The van der Waals surface area contributed by atoms with Crippen LogP contribution in [0.3, 0.4) is 0 Å². The quantitative estimate of drug-likeness (QED) is 0.637. The molecule has 0 radical (unpaired) electrons. The molecule has 1 aliphatic rings. The zero-order chi connectivity index (χ0) is 10.1. The molecule has 3 nitrogen and oxygen atoms in total. The topological polar surface area (TPSA) is 46.5 Å². The Morgan fingerprint density at radius 2 is 2.07 bits per heavy atom. The van der Waals surface area contributed by atoms with Crippen LogP contribution in [-0.4, -0.2) is 11.8 Å². The number of hydrogen-bond donors (Lipinski definition) is 0. The Balaban J connectivity index is 2.51. The van der Waals surface area contributed by atoms with Crippen molar-refractivity contribution in [2.75, 3.05) is 0 Å². The minimum absolute atomic E-state index is 0.131. The highest BCUT2D eigenvalue weighted by Crippen LogP contribution is 2.32. The molecule has 2 atom stereocenters. The normalized spacial score (nSPS) is 25.6. The predicted molar refractivity (Wildman–Crippen MR) is 53.4 cm³/mol. The third-order valence-electron chi connectivity index (χ3n) is 2.76. The Kier molecular flexibility index (Phi) is 2.15. The average molecular weight is 189 g/mol. The summed E-state index contributed by atoms with van der Waals surface area (Å²) in [6.07, 6.45) is 0.541. The van der Waals surface area contributed by atoms with Crippen molar-refractivity contribution >= 4 is 5.78 Å². The zero-order valence-corrected chi connectivity index (χ0v) is 7.93. The largest absolute Gasteiger partial charge is 0.292 e. The van der Waals surface area contributed by atoms with E-state index in [4.69, 9.17) is 0 Å². The van der Waals surface area contributed by atoms with Crippen LogP contribution in [0.1, 0.15) is 35.2 Å². The van der Waals surface area contributed by atoms with Gasteiger partial charge in [-0.1, -0.05) is 36.4 Å². The lowest BCUT2D eigenvalue weighted by Gasteiger charge is -2.23. The molecule has 0 heterocycles. The maximum atomic E-state index is 11.7. The fourth-order valence-electron chi connectivity index (χ4n) is 1.99. The molecule has 72 valence electrons. The highest BCUT2D eigenvalue weighted by molar-refractivity contribution is 6.02. The van der Waals surface area contributed by atoms with Crippen molar-refractivity contribution in [3.05, 3.63) is 40.3 Å². The van der Waals surface area contributed by atoms with Gasteiger partial charge in [-0.15, -0.1) is 0 Å². The number of carbonyl (C=O) groups excluding carboxylic acids is 1. The van der Waals surface area contributed by atoms with E-state index in [1.807, 2.05) is 25.1 Å². The summed E-state index contributed by atoms with van der Waals surface area (Å²) in [6, 6.07) is 6.76. The van der Waals surface area contributed by atoms with Crippen LogP contribution < -0.4 is 0 Å². The SMILES string of the molecule is CC1CC(N=O)C(=O)c2ccccc21. The highest BCUT2D eigenvalue weighted by Gasteiger charge is 2.31. The van der Waals surface area contributed by atoms with E-state index in [0.29, 0.717) is 12.0 Å². The minimum Gasteiger partial charge on any atom is -0.292 e. The fourth-order valence-corrected chi connectivity index (χ4v) is 1.99. The summed E-state index contributed by atoms with van der Waals surface area (Å²) in [5.41, 5.74) is 1.70. The number of nitrogens with zero attached hydrogens (tertiary/aromatic N) is 1. The summed E-state index contributed by atoms with van der Waals surface area (Å²) in [7, 11) is 0. The number of fused-ring (bicyclic) bond motifs is 1. The van der Waals surface area contributed by atoms with Gasteiger partial charge in [0.25, 0.3) is 0 Å². The molecule has 0 saturated heterocycles. The number of carbonyl (C=O) groups is 1. The molecule has 3 heteroatoms. The van der Waals surface area contributed by atoms with Gasteiger partial charge in [-0.05, 0) is 17.9 Å². The van der Waals surface area contributed by atoms with Gasteiger partial charge in [-0.3, -0.25) is 4.79 Å². The maximum Gasteiger partial charge on any atom is 0.191 e.